The molecule has 0 aliphatic rings. The molecule has 22 valence electrons. The van der Waals surface area contributed by atoms with Crippen LogP contribution < -0.4 is 0 Å². The zero-order valence-electron chi connectivity index (χ0n) is 2.76. The molecule has 0 unspecified atom stereocenters. The van der Waals surface area contributed by atoms with Gasteiger partial charge in [0.05, 0.1) is 0 Å². The smallest absolute Gasteiger partial charge is 0 e. The molecule has 0 aromatic heterocycles. The van der Waals surface area contributed by atoms with Crippen molar-refractivity contribution in [1.29, 1.82) is 0 Å². The molecular formula is BiNaOTiW. The molecule has 4 radical (unpaired) electrons. The zero-order chi connectivity index (χ0) is 2.00. The topological polar surface area (TPSA) is 17.1 Å². The predicted octanol–water partition coefficient (Wildman–Crippen LogP) is -0.885. The van der Waals surface area contributed by atoms with Gasteiger partial charge in [-0.3, -0.25) is 0 Å². The van der Waals surface area contributed by atoms with E-state index in [-0.39, 0.29) is 77.5 Å². The van der Waals surface area contributed by atoms with Gasteiger partial charge in [-0.1, -0.05) is 0 Å². The van der Waals surface area contributed by atoms with E-state index in [9.17, 15) is 0 Å². The van der Waals surface area contributed by atoms with Crippen molar-refractivity contribution >= 4 is 55.8 Å². The number of rotatable bonds is 0. The quantitative estimate of drug-likeness (QED) is 0.413. The van der Waals surface area contributed by atoms with E-state index in [2.05, 4.69) is 0 Å². The third kappa shape index (κ3) is 19.2. The number of hydrogen-bond donors (Lipinski definition) is 0. The Labute approximate surface area is 98.5 Å². The molecule has 0 saturated heterocycles. The van der Waals surface area contributed by atoms with Crippen molar-refractivity contribution in [3.63, 3.8) is 0 Å². The van der Waals surface area contributed by atoms with Gasteiger partial charge in [-0.05, 0) is 0 Å². The zero-order valence-corrected chi connectivity index (χ0v) is 12.7. The maximum Gasteiger partial charge on any atom is 0 e. The van der Waals surface area contributed by atoms with Crippen molar-refractivity contribution in [2.24, 2.45) is 0 Å². The molecule has 0 fully saturated rings. The van der Waals surface area contributed by atoms with Crippen LogP contribution in [-0.2, 0) is 44.9 Å². The molecule has 0 saturated carbocycles. The Kier molecular flexibility index (Phi) is 134. The summed E-state index contributed by atoms with van der Waals surface area (Å²) in [5.74, 6) is 0. The summed E-state index contributed by atoms with van der Waals surface area (Å²) in [6.07, 6.45) is 0. The average molecular weight is 480 g/mol. The molecule has 0 aliphatic heterocycles. The van der Waals surface area contributed by atoms with Gasteiger partial charge in [0.1, 0.15) is 0 Å². The van der Waals surface area contributed by atoms with Gasteiger partial charge in [0.2, 0.25) is 0 Å². The molecule has 0 aromatic carbocycles. The second-order valence-corrected chi connectivity index (χ2v) is 0. The molecule has 1 nitrogen and oxygen atoms in total. The minimum absolute atomic E-state index is 0. The van der Waals surface area contributed by atoms with Gasteiger partial charge in [0, 0.05) is 77.5 Å². The van der Waals surface area contributed by atoms with Crippen LogP contribution in [0.15, 0.2) is 0 Å². The van der Waals surface area contributed by atoms with Crippen LogP contribution in [0, 0.1) is 0 Å². The first-order valence-electron chi connectivity index (χ1n) is 0.167. The molecule has 5 heavy (non-hydrogen) atoms. The van der Waals surface area contributed by atoms with E-state index < -0.39 is 0 Å². The fourth-order valence-electron chi connectivity index (χ4n) is 0. The summed E-state index contributed by atoms with van der Waals surface area (Å²) in [5, 5.41) is 0. The third-order valence-electron chi connectivity index (χ3n) is 0. The van der Waals surface area contributed by atoms with Gasteiger partial charge in [-0.2, -0.15) is 0 Å². The average Bonchev–Trinajstić information content (AvgIpc) is 1.00. The standard InChI is InChI=1S/Bi.Na.O.Ti.W. The van der Waals surface area contributed by atoms with Crippen molar-refractivity contribution in [3.8, 4) is 0 Å². The van der Waals surface area contributed by atoms with E-state index in [1.807, 2.05) is 0 Å². The Morgan fingerprint density at radius 2 is 1.20 bits per heavy atom. The van der Waals surface area contributed by atoms with Gasteiger partial charge in [-0.25, -0.2) is 0 Å². The Bertz CT molecular complexity index is 11.6. The van der Waals surface area contributed by atoms with Crippen LogP contribution >= 0.6 is 0 Å². The predicted molar refractivity (Wildman–Crippen MR) is 12.2 cm³/mol. The van der Waals surface area contributed by atoms with E-state index in [0.29, 0.717) is 19.8 Å². The summed E-state index contributed by atoms with van der Waals surface area (Å²) in [5.41, 5.74) is 0. The van der Waals surface area contributed by atoms with Crippen molar-refractivity contribution in [1.82, 2.24) is 0 Å². The molecule has 0 amide bonds. The summed E-state index contributed by atoms with van der Waals surface area (Å²) in [6.45, 7) is 0. The Hall–Kier alpha value is 3.09. The van der Waals surface area contributed by atoms with Gasteiger partial charge in [-0.15, -0.1) is 0 Å². The maximum atomic E-state index is 8.33. The fourth-order valence-corrected chi connectivity index (χ4v) is 0. The van der Waals surface area contributed by atoms with E-state index in [4.69, 9.17) is 3.40 Å². The van der Waals surface area contributed by atoms with Crippen LogP contribution in [-0.4, -0.2) is 55.8 Å². The second kappa shape index (κ2) is 27.6. The Morgan fingerprint density at radius 3 is 1.20 bits per heavy atom. The van der Waals surface area contributed by atoms with Crippen LogP contribution in [0.2, 0.25) is 0 Å². The maximum absolute atomic E-state index is 8.33. The first kappa shape index (κ1) is 24.3. The Balaban J connectivity index is -0.00000000167. The minimum atomic E-state index is 0. The van der Waals surface area contributed by atoms with Gasteiger partial charge < -0.3 is 0 Å². The van der Waals surface area contributed by atoms with E-state index in [1.54, 1.807) is 0 Å². The first-order valence-corrected chi connectivity index (χ1v) is 1.36. The summed E-state index contributed by atoms with van der Waals surface area (Å²) < 4.78 is 8.33. The second-order valence-electron chi connectivity index (χ2n) is 0. The monoisotopic (exact) mass is 480 g/mol. The van der Waals surface area contributed by atoms with E-state index >= 15 is 0 Å². The molecule has 0 atom stereocenters. The minimum Gasteiger partial charge on any atom is 0 e. The SMILES string of the molecule is [Bi].[Na].[O]=[W].[Ti]. The third-order valence-corrected chi connectivity index (χ3v) is 0. The van der Waals surface area contributed by atoms with Crippen LogP contribution in [0.25, 0.3) is 0 Å². The van der Waals surface area contributed by atoms with Crippen molar-refractivity contribution in [3.05, 3.63) is 0 Å². The normalized spacial score (nSPS) is 0.800. The van der Waals surface area contributed by atoms with Gasteiger partial charge >= 0.3 is 23.2 Å². The molecule has 0 aromatic rings. The molecule has 0 spiro atoms. The molecule has 0 rings (SSSR count). The molecule has 0 N–H and O–H groups in total. The first-order chi connectivity index (χ1) is 1.00. The van der Waals surface area contributed by atoms with Crippen molar-refractivity contribution in [2.45, 2.75) is 0 Å². The van der Waals surface area contributed by atoms with Crippen LogP contribution in [0.3, 0.4) is 0 Å². The van der Waals surface area contributed by atoms with Gasteiger partial charge in [0.25, 0.3) is 0 Å². The number of hydrogen-bond acceptors (Lipinski definition) is 1. The molecule has 0 bridgehead atoms. The molecule has 5 heteroatoms. The molecular weight excluding hydrogens is 480 g/mol. The molecule has 0 heterocycles. The summed E-state index contributed by atoms with van der Waals surface area (Å²) in [7, 11) is 0. The van der Waals surface area contributed by atoms with Gasteiger partial charge in [0.15, 0.2) is 0 Å². The molecule has 0 aliphatic carbocycles. The van der Waals surface area contributed by atoms with E-state index in [1.165, 1.54) is 0 Å². The Morgan fingerprint density at radius 1 is 1.20 bits per heavy atom. The largest absolute Gasteiger partial charge is 0 e. The summed E-state index contributed by atoms with van der Waals surface area (Å²) >= 11 is 0.333. The van der Waals surface area contributed by atoms with Crippen LogP contribution in [0.4, 0.5) is 0 Å². The van der Waals surface area contributed by atoms with Crippen molar-refractivity contribution in [2.75, 3.05) is 0 Å². The van der Waals surface area contributed by atoms with Crippen LogP contribution in [0.1, 0.15) is 0 Å². The summed E-state index contributed by atoms with van der Waals surface area (Å²) in [4.78, 5) is 0. The van der Waals surface area contributed by atoms with Crippen molar-refractivity contribution < 1.29 is 44.9 Å². The van der Waals surface area contributed by atoms with Crippen LogP contribution in [0.5, 0.6) is 0 Å². The van der Waals surface area contributed by atoms with E-state index in [0.717, 1.165) is 0 Å². The fraction of sp³-hybridized carbons (Fsp3) is 0. The summed E-state index contributed by atoms with van der Waals surface area (Å²) in [6, 6.07) is 0.